The lowest BCUT2D eigenvalue weighted by molar-refractivity contribution is -0.144. The van der Waals surface area contributed by atoms with Crippen LogP contribution in [0, 0.1) is 0 Å². The highest BCUT2D eigenvalue weighted by molar-refractivity contribution is 5.23. The zero-order valence-electron chi connectivity index (χ0n) is 18.7. The standard InChI is InChI=1S/C24H34O2.C2H6/c1-4-6-8-21-10-14-23(15-11-21)18-25-20(3)26-19-24-16-12-22(13-17-24)9-7-5-2;1-2/h10-17,20H,4-9,18-19H2,1-3H3;1-2H3. The largest absolute Gasteiger partial charge is 0.348 e. The highest BCUT2D eigenvalue weighted by Gasteiger charge is 2.04. The van der Waals surface area contributed by atoms with Gasteiger partial charge < -0.3 is 9.47 Å². The topological polar surface area (TPSA) is 18.5 Å². The summed E-state index contributed by atoms with van der Waals surface area (Å²) in [6.07, 6.45) is 7.08. The van der Waals surface area contributed by atoms with Gasteiger partial charge >= 0.3 is 0 Å². The van der Waals surface area contributed by atoms with Gasteiger partial charge in [0, 0.05) is 0 Å². The number of unbranched alkanes of at least 4 members (excludes halogenated alkanes) is 2. The maximum absolute atomic E-state index is 5.83. The first kappa shape index (κ1) is 24.4. The third-order valence-electron chi connectivity index (χ3n) is 4.65. The zero-order valence-corrected chi connectivity index (χ0v) is 18.7. The van der Waals surface area contributed by atoms with Gasteiger partial charge in [0.25, 0.3) is 0 Å². The Labute approximate surface area is 173 Å². The highest BCUT2D eigenvalue weighted by Crippen LogP contribution is 2.12. The van der Waals surface area contributed by atoms with E-state index in [9.17, 15) is 0 Å². The van der Waals surface area contributed by atoms with Gasteiger partial charge in [0.05, 0.1) is 13.2 Å². The molecule has 0 unspecified atom stereocenters. The molecule has 156 valence electrons. The molecule has 28 heavy (non-hydrogen) atoms. The molecule has 0 aliphatic rings. The molecule has 0 fully saturated rings. The van der Waals surface area contributed by atoms with Crippen LogP contribution in [0.3, 0.4) is 0 Å². The van der Waals surface area contributed by atoms with Gasteiger partial charge in [-0.05, 0) is 54.9 Å². The van der Waals surface area contributed by atoms with Crippen LogP contribution in [0.2, 0.25) is 0 Å². The molecule has 0 saturated carbocycles. The van der Waals surface area contributed by atoms with E-state index in [1.54, 1.807) is 0 Å². The summed E-state index contributed by atoms with van der Waals surface area (Å²) in [5.41, 5.74) is 5.20. The van der Waals surface area contributed by atoms with Crippen molar-refractivity contribution in [1.82, 2.24) is 0 Å². The molecule has 0 aliphatic heterocycles. The Kier molecular flexibility index (Phi) is 13.3. The maximum Gasteiger partial charge on any atom is 0.155 e. The van der Waals surface area contributed by atoms with Crippen molar-refractivity contribution in [3.63, 3.8) is 0 Å². The predicted octanol–water partition coefficient (Wildman–Crippen LogP) is 7.48. The first-order valence-corrected chi connectivity index (χ1v) is 11.1. The molecule has 0 radical (unpaired) electrons. The van der Waals surface area contributed by atoms with E-state index in [1.807, 2.05) is 20.8 Å². The quantitative estimate of drug-likeness (QED) is 0.353. The molecule has 0 atom stereocenters. The molecule has 0 aromatic heterocycles. The normalized spacial score (nSPS) is 10.6. The number of ether oxygens (including phenoxy) is 2. The Morgan fingerprint density at radius 3 is 1.25 bits per heavy atom. The molecule has 0 spiro atoms. The maximum atomic E-state index is 5.83. The summed E-state index contributed by atoms with van der Waals surface area (Å²) in [6.45, 7) is 11.6. The van der Waals surface area contributed by atoms with Crippen molar-refractivity contribution in [3.05, 3.63) is 70.8 Å². The van der Waals surface area contributed by atoms with E-state index in [4.69, 9.17) is 9.47 Å². The van der Waals surface area contributed by atoms with Gasteiger partial charge in [0.15, 0.2) is 6.29 Å². The molecular weight excluding hydrogens is 344 g/mol. The monoisotopic (exact) mass is 384 g/mol. The second-order valence-corrected chi connectivity index (χ2v) is 7.03. The van der Waals surface area contributed by atoms with Crippen molar-refractivity contribution in [2.75, 3.05) is 0 Å². The SMILES string of the molecule is CC.CCCCc1ccc(COC(C)OCc2ccc(CCCC)cc2)cc1. The molecule has 2 rings (SSSR count). The number of aryl methyl sites for hydroxylation is 2. The van der Waals surface area contributed by atoms with Gasteiger partial charge in [-0.3, -0.25) is 0 Å². The van der Waals surface area contributed by atoms with Crippen LogP contribution >= 0.6 is 0 Å². The van der Waals surface area contributed by atoms with Gasteiger partial charge in [-0.1, -0.05) is 89.1 Å². The Balaban J connectivity index is 0.00000190. The average Bonchev–Trinajstić information content (AvgIpc) is 2.76. The van der Waals surface area contributed by atoms with E-state index in [1.165, 1.54) is 47.9 Å². The Hall–Kier alpha value is -1.64. The van der Waals surface area contributed by atoms with Gasteiger partial charge in [0.1, 0.15) is 0 Å². The molecule has 2 heteroatoms. The number of rotatable bonds is 12. The Bertz CT molecular complexity index is 546. The molecule has 0 aliphatic carbocycles. The van der Waals surface area contributed by atoms with Crippen molar-refractivity contribution in [2.45, 2.75) is 92.6 Å². The summed E-state index contributed by atoms with van der Waals surface area (Å²) in [5, 5.41) is 0. The fraction of sp³-hybridized carbons (Fsp3) is 0.538. The van der Waals surface area contributed by atoms with E-state index in [0.717, 1.165) is 12.8 Å². The molecule has 2 aromatic rings. The van der Waals surface area contributed by atoms with E-state index in [0.29, 0.717) is 13.2 Å². The van der Waals surface area contributed by atoms with Crippen LogP contribution < -0.4 is 0 Å². The summed E-state index contributed by atoms with van der Waals surface area (Å²) >= 11 is 0. The van der Waals surface area contributed by atoms with E-state index in [-0.39, 0.29) is 6.29 Å². The molecule has 0 bridgehead atoms. The minimum atomic E-state index is -0.213. The number of hydrogen-bond acceptors (Lipinski definition) is 2. The minimum Gasteiger partial charge on any atom is -0.348 e. The van der Waals surface area contributed by atoms with Crippen LogP contribution in [0.4, 0.5) is 0 Å². The smallest absolute Gasteiger partial charge is 0.155 e. The van der Waals surface area contributed by atoms with Crippen LogP contribution in [-0.4, -0.2) is 6.29 Å². The fourth-order valence-corrected chi connectivity index (χ4v) is 2.84. The molecule has 2 aromatic carbocycles. The second kappa shape index (κ2) is 15.3. The van der Waals surface area contributed by atoms with Crippen LogP contribution in [0.15, 0.2) is 48.5 Å². The van der Waals surface area contributed by atoms with Crippen molar-refractivity contribution < 1.29 is 9.47 Å². The fourth-order valence-electron chi connectivity index (χ4n) is 2.84. The lowest BCUT2D eigenvalue weighted by Crippen LogP contribution is -2.12. The lowest BCUT2D eigenvalue weighted by atomic mass is 10.1. The molecular formula is C26H40O2. The van der Waals surface area contributed by atoms with E-state index >= 15 is 0 Å². The van der Waals surface area contributed by atoms with Crippen LogP contribution in [0.25, 0.3) is 0 Å². The highest BCUT2D eigenvalue weighted by atomic mass is 16.7. The van der Waals surface area contributed by atoms with Gasteiger partial charge in [-0.15, -0.1) is 0 Å². The summed E-state index contributed by atoms with van der Waals surface area (Å²) in [7, 11) is 0. The number of hydrogen-bond donors (Lipinski definition) is 0. The Morgan fingerprint density at radius 2 is 0.929 bits per heavy atom. The predicted molar refractivity (Wildman–Crippen MR) is 120 cm³/mol. The summed E-state index contributed by atoms with van der Waals surface area (Å²) in [5.74, 6) is 0. The molecule has 0 saturated heterocycles. The summed E-state index contributed by atoms with van der Waals surface area (Å²) in [4.78, 5) is 0. The van der Waals surface area contributed by atoms with Crippen molar-refractivity contribution >= 4 is 0 Å². The van der Waals surface area contributed by atoms with Crippen molar-refractivity contribution in [1.29, 1.82) is 0 Å². The average molecular weight is 385 g/mol. The van der Waals surface area contributed by atoms with Gasteiger partial charge in [-0.25, -0.2) is 0 Å². The van der Waals surface area contributed by atoms with E-state index in [2.05, 4.69) is 62.4 Å². The first-order valence-electron chi connectivity index (χ1n) is 11.1. The van der Waals surface area contributed by atoms with Crippen LogP contribution in [0.1, 0.15) is 82.6 Å². The zero-order chi connectivity index (χ0) is 20.6. The van der Waals surface area contributed by atoms with Crippen molar-refractivity contribution in [3.8, 4) is 0 Å². The Morgan fingerprint density at radius 1 is 0.607 bits per heavy atom. The van der Waals surface area contributed by atoms with Gasteiger partial charge in [0.2, 0.25) is 0 Å². The van der Waals surface area contributed by atoms with Gasteiger partial charge in [-0.2, -0.15) is 0 Å². The summed E-state index contributed by atoms with van der Waals surface area (Å²) in [6, 6.07) is 17.5. The summed E-state index contributed by atoms with van der Waals surface area (Å²) < 4.78 is 11.7. The van der Waals surface area contributed by atoms with Crippen molar-refractivity contribution in [2.24, 2.45) is 0 Å². The van der Waals surface area contributed by atoms with Crippen LogP contribution in [-0.2, 0) is 35.5 Å². The number of benzene rings is 2. The molecule has 0 heterocycles. The molecule has 0 amide bonds. The third-order valence-corrected chi connectivity index (χ3v) is 4.65. The van der Waals surface area contributed by atoms with Crippen LogP contribution in [0.5, 0.6) is 0 Å². The lowest BCUT2D eigenvalue weighted by Gasteiger charge is -2.15. The third kappa shape index (κ3) is 10.1. The first-order chi connectivity index (χ1) is 13.7. The molecule has 2 nitrogen and oxygen atoms in total. The van der Waals surface area contributed by atoms with E-state index < -0.39 is 0 Å². The minimum absolute atomic E-state index is 0.213. The molecule has 0 N–H and O–H groups in total. The second-order valence-electron chi connectivity index (χ2n) is 7.03.